The first kappa shape index (κ1) is 12.4. The maximum atomic E-state index is 4.00. The first-order chi connectivity index (χ1) is 5.72. The smallest absolute Gasteiger partial charge is 0.00239 e. The van der Waals surface area contributed by atoms with Crippen molar-refractivity contribution in [2.24, 2.45) is 0 Å². The van der Waals surface area contributed by atoms with Crippen molar-refractivity contribution in [3.8, 4) is 0 Å². The van der Waals surface area contributed by atoms with Crippen LogP contribution in [0.3, 0.4) is 0 Å². The van der Waals surface area contributed by atoms with E-state index in [9.17, 15) is 0 Å². The molecule has 1 saturated heterocycles. The maximum absolute atomic E-state index is 4.00. The van der Waals surface area contributed by atoms with Gasteiger partial charge in [0, 0.05) is 0 Å². The highest BCUT2D eigenvalue weighted by Gasteiger charge is 2.04. The zero-order chi connectivity index (χ0) is 9.40. The molecule has 1 aliphatic heterocycles. The second kappa shape index (κ2) is 8.06. The van der Waals surface area contributed by atoms with E-state index in [4.69, 9.17) is 0 Å². The summed E-state index contributed by atoms with van der Waals surface area (Å²) in [5.74, 6) is 10.7. The molecule has 74 valence electrons. The summed E-state index contributed by atoms with van der Waals surface area (Å²) in [6.45, 7) is 4.42. The van der Waals surface area contributed by atoms with Crippen molar-refractivity contribution in [3.63, 3.8) is 0 Å². The van der Waals surface area contributed by atoms with E-state index in [1.54, 1.807) is 0 Å². The Bertz CT molecular complexity index is 134. The van der Waals surface area contributed by atoms with Crippen molar-refractivity contribution in [1.82, 2.24) is 0 Å². The Morgan fingerprint density at radius 1 is 1.00 bits per heavy atom. The van der Waals surface area contributed by atoms with Crippen LogP contribution in [0.1, 0.15) is 39.5 Å². The summed E-state index contributed by atoms with van der Waals surface area (Å²) in [7, 11) is 0.898. The summed E-state index contributed by atoms with van der Waals surface area (Å²) in [5, 5.41) is 0. The lowest BCUT2D eigenvalue weighted by Gasteiger charge is -1.93. The van der Waals surface area contributed by atoms with Crippen LogP contribution in [0, 0.1) is 0 Å². The summed E-state index contributed by atoms with van der Waals surface area (Å²) in [6.07, 6.45) is 5.45. The van der Waals surface area contributed by atoms with Crippen molar-refractivity contribution < 1.29 is 0 Å². The molecule has 0 nitrogen and oxygen atoms in total. The van der Waals surface area contributed by atoms with Crippen molar-refractivity contribution in [2.75, 3.05) is 11.5 Å². The topological polar surface area (TPSA) is 0 Å². The van der Waals surface area contributed by atoms with Crippen molar-refractivity contribution >= 4 is 30.8 Å². The summed E-state index contributed by atoms with van der Waals surface area (Å²) in [5.41, 5.74) is 0. The van der Waals surface area contributed by atoms with E-state index in [0.717, 1.165) is 0 Å². The predicted molar refractivity (Wildman–Crippen MR) is 69.0 cm³/mol. The van der Waals surface area contributed by atoms with Crippen molar-refractivity contribution in [3.05, 3.63) is 0 Å². The summed E-state index contributed by atoms with van der Waals surface area (Å²) in [4.78, 5) is 0. The molecule has 1 heterocycles. The number of unbranched alkanes of at least 4 members (excludes halogenated alkanes) is 2. The summed E-state index contributed by atoms with van der Waals surface area (Å²) < 4.78 is 0. The molecule has 1 rings (SSSR count). The fourth-order valence-corrected chi connectivity index (χ4v) is 4.68. The Kier molecular flexibility index (Phi) is 8.35. The van der Waals surface area contributed by atoms with Crippen molar-refractivity contribution in [1.29, 1.82) is 0 Å². The van der Waals surface area contributed by atoms with Crippen LogP contribution >= 0.6 is 19.0 Å². The van der Waals surface area contributed by atoms with E-state index in [2.05, 4.69) is 25.6 Å². The predicted octanol–water partition coefficient (Wildman–Crippen LogP) is 3.90. The minimum Gasteiger partial charge on any atom is -0.142 e. The minimum absolute atomic E-state index is 0.449. The standard InChI is InChI=1S/C5H10S2.C5H12/c1-6-4-3-5-7(6)2;1-3-5-4-2/h1-5H2;3-5H2,1-2H3. The molecule has 0 aliphatic carbocycles. The molecule has 0 amide bonds. The molecule has 0 bridgehead atoms. The van der Waals surface area contributed by atoms with Gasteiger partial charge in [-0.25, -0.2) is 0 Å². The van der Waals surface area contributed by atoms with Crippen LogP contribution in [0.5, 0.6) is 0 Å². The molecular formula is C10H22S2. The fourth-order valence-electron chi connectivity index (χ4n) is 0.970. The number of hydrogen-bond acceptors (Lipinski definition) is 0. The molecule has 2 atom stereocenters. The third kappa shape index (κ3) is 6.01. The Hall–Kier alpha value is 0.440. The van der Waals surface area contributed by atoms with Crippen LogP contribution < -0.4 is 0 Å². The summed E-state index contributed by atoms with van der Waals surface area (Å²) in [6, 6.07) is 0. The van der Waals surface area contributed by atoms with Gasteiger partial charge in [-0.3, -0.25) is 0 Å². The molecule has 0 aromatic heterocycles. The molecule has 0 spiro atoms. The van der Waals surface area contributed by atoms with Gasteiger partial charge in [-0.1, -0.05) is 44.9 Å². The Balaban J connectivity index is 0.000000217. The lowest BCUT2D eigenvalue weighted by Crippen LogP contribution is -1.65. The monoisotopic (exact) mass is 206 g/mol. The van der Waals surface area contributed by atoms with E-state index in [1.807, 2.05) is 0 Å². The van der Waals surface area contributed by atoms with Crippen LogP contribution in [0.2, 0.25) is 0 Å². The Labute approximate surface area is 82.0 Å². The Morgan fingerprint density at radius 2 is 1.42 bits per heavy atom. The zero-order valence-corrected chi connectivity index (χ0v) is 10.1. The molecule has 12 heavy (non-hydrogen) atoms. The molecule has 0 aromatic carbocycles. The quantitative estimate of drug-likeness (QED) is 0.475. The summed E-state index contributed by atoms with van der Waals surface area (Å²) >= 11 is 0. The Morgan fingerprint density at radius 3 is 1.50 bits per heavy atom. The van der Waals surface area contributed by atoms with Gasteiger partial charge in [-0.2, -0.15) is 0 Å². The van der Waals surface area contributed by atoms with Crippen LogP contribution in [0.25, 0.3) is 0 Å². The lowest BCUT2D eigenvalue weighted by molar-refractivity contribution is 0.772. The molecule has 2 unspecified atom stereocenters. The highest BCUT2D eigenvalue weighted by molar-refractivity contribution is 8.89. The van der Waals surface area contributed by atoms with Crippen LogP contribution in [0.15, 0.2) is 0 Å². The van der Waals surface area contributed by atoms with Crippen LogP contribution in [-0.2, 0) is 0 Å². The van der Waals surface area contributed by atoms with E-state index >= 15 is 0 Å². The van der Waals surface area contributed by atoms with Gasteiger partial charge in [0.1, 0.15) is 0 Å². The molecule has 0 aromatic rings. The number of hydrogen-bond donors (Lipinski definition) is 0. The lowest BCUT2D eigenvalue weighted by atomic mass is 10.3. The van der Waals surface area contributed by atoms with Gasteiger partial charge in [0.25, 0.3) is 0 Å². The second-order valence-electron chi connectivity index (χ2n) is 3.00. The average molecular weight is 206 g/mol. The first-order valence-corrected chi connectivity index (χ1v) is 8.38. The van der Waals surface area contributed by atoms with Gasteiger partial charge in [0.15, 0.2) is 0 Å². The molecule has 0 radical (unpaired) electrons. The molecular weight excluding hydrogens is 184 g/mol. The van der Waals surface area contributed by atoms with Gasteiger partial charge >= 0.3 is 0 Å². The molecule has 0 N–H and O–H groups in total. The molecule has 0 saturated carbocycles. The van der Waals surface area contributed by atoms with Gasteiger partial charge in [0.2, 0.25) is 0 Å². The van der Waals surface area contributed by atoms with Crippen LogP contribution in [0.4, 0.5) is 0 Å². The van der Waals surface area contributed by atoms with Gasteiger partial charge in [0.05, 0.1) is 0 Å². The van der Waals surface area contributed by atoms with Crippen molar-refractivity contribution in [2.45, 2.75) is 39.5 Å². The molecule has 1 fully saturated rings. The highest BCUT2D eigenvalue weighted by atomic mass is 33.1. The molecule has 2 heteroatoms. The normalized spacial score (nSPS) is 27.8. The largest absolute Gasteiger partial charge is 0.142 e. The van der Waals surface area contributed by atoms with E-state index in [-0.39, 0.29) is 0 Å². The first-order valence-electron chi connectivity index (χ1n) is 4.74. The third-order valence-corrected chi connectivity index (χ3v) is 6.94. The third-order valence-electron chi connectivity index (χ3n) is 1.78. The van der Waals surface area contributed by atoms with Gasteiger partial charge in [-0.15, -0.1) is 19.0 Å². The minimum atomic E-state index is 0.449. The SMILES string of the molecule is C=S1CCCS1=C.CCCCC. The van der Waals surface area contributed by atoms with E-state index in [1.165, 1.54) is 37.2 Å². The molecule has 1 aliphatic rings. The fraction of sp³-hybridized carbons (Fsp3) is 0.800. The van der Waals surface area contributed by atoms with E-state index in [0.29, 0.717) is 19.0 Å². The zero-order valence-electron chi connectivity index (χ0n) is 8.47. The second-order valence-corrected chi connectivity index (χ2v) is 8.40. The highest BCUT2D eigenvalue weighted by Crippen LogP contribution is 2.41. The van der Waals surface area contributed by atoms with E-state index < -0.39 is 0 Å². The van der Waals surface area contributed by atoms with Gasteiger partial charge < -0.3 is 0 Å². The van der Waals surface area contributed by atoms with Gasteiger partial charge in [-0.05, 0) is 17.9 Å². The van der Waals surface area contributed by atoms with Crippen LogP contribution in [-0.4, -0.2) is 23.2 Å². The average Bonchev–Trinajstić information content (AvgIpc) is 2.39. The maximum Gasteiger partial charge on any atom is -0.00239 e. The number of rotatable bonds is 2.